The van der Waals surface area contributed by atoms with Crippen LogP contribution in [-0.4, -0.2) is 35.8 Å². The Labute approximate surface area is 673 Å². The number of aliphatic hydroxyl groups excluding tert-OH is 1. The molecule has 0 fully saturated rings. The van der Waals surface area contributed by atoms with Gasteiger partial charge in [-0.2, -0.15) is 0 Å². The predicted octanol–water partition coefficient (Wildman–Crippen LogP) is 24.6. The minimum absolute atomic E-state index is 0. The first-order valence-electron chi connectivity index (χ1n) is 35.3. The Bertz CT molecular complexity index is 4720. The van der Waals surface area contributed by atoms with E-state index in [1.165, 1.54) is 86.5 Å². The molecule has 0 saturated heterocycles. The van der Waals surface area contributed by atoms with Crippen molar-refractivity contribution in [2.75, 3.05) is 0 Å². The average Bonchev–Trinajstić information content (AvgIpc) is 0.786. The largest absolute Gasteiger partial charge is 0.512 e. The Balaban J connectivity index is 0.000000232. The van der Waals surface area contributed by atoms with Crippen molar-refractivity contribution < 1.29 is 70.2 Å². The van der Waals surface area contributed by atoms with Crippen LogP contribution in [0.15, 0.2) is 267 Å². The van der Waals surface area contributed by atoms with Crippen LogP contribution in [0.2, 0.25) is 0 Å². The molecule has 106 heavy (non-hydrogen) atoms. The average molecular weight is 1930 g/mol. The maximum atomic E-state index is 10.0. The normalized spacial score (nSPS) is 10.9. The Hall–Kier alpha value is -9.07. The molecule has 10 heteroatoms. The monoisotopic (exact) mass is 1930 g/mol. The molecule has 0 unspecified atom stereocenters. The van der Waals surface area contributed by atoms with Crippen LogP contribution >= 0.6 is 0 Å². The van der Waals surface area contributed by atoms with Gasteiger partial charge in [0.25, 0.3) is 0 Å². The number of benzene rings is 8. The summed E-state index contributed by atoms with van der Waals surface area (Å²) in [5, 5.41) is 9.65. The van der Waals surface area contributed by atoms with Gasteiger partial charge < -0.3 is 25.0 Å². The van der Waals surface area contributed by atoms with E-state index < -0.39 is 0 Å². The SMILES string of the molecule is CC(=O)C=C(C)O.CC(C)(C)c1ccc(-c2[c-]ccc(-c3ccccc3)c2)nc1.CC(C)(C)c1ccc(-c2[c-]cccc2)nc1.CC(C)(C)c1ccc(-c2[c-]cccc2)nc1.Cc1[c-]c(-c2cc(CC(C)C)c3cc(C)ccc3n2)cc(C)c1.Cc1ccc(-c2[c-]ccc(-c3ccccc3)c2)nc1.[Ir].[Ir].[Ir]. The smallest absolute Gasteiger partial charge is 0.155 e. The number of aryl methyl sites for hydroxylation is 4. The predicted molar refractivity (Wildman–Crippen MR) is 432 cm³/mol. The molecule has 13 aromatic rings. The maximum absolute atomic E-state index is 10.0. The first-order valence-corrected chi connectivity index (χ1v) is 35.3. The molecule has 0 aliphatic heterocycles. The number of aromatic nitrogens is 5. The fraction of sp³-hybridized carbons (Fsp3) is 0.229. The van der Waals surface area contributed by atoms with Crippen LogP contribution in [0.4, 0.5) is 0 Å². The number of pyridine rings is 5. The zero-order valence-electron chi connectivity index (χ0n) is 64.2. The van der Waals surface area contributed by atoms with Gasteiger partial charge in [-0.05, 0) is 136 Å². The molecule has 551 valence electrons. The molecule has 7 nitrogen and oxygen atoms in total. The number of carbonyl (C=O) groups excluding carboxylic acids is 1. The fourth-order valence-corrected chi connectivity index (χ4v) is 11.1. The number of carbonyl (C=O) groups is 1. The maximum Gasteiger partial charge on any atom is 0.155 e. The van der Waals surface area contributed by atoms with E-state index in [0.717, 1.165) is 73.8 Å². The molecule has 1 N–H and O–H groups in total. The van der Waals surface area contributed by atoms with Crippen molar-refractivity contribution in [2.24, 2.45) is 5.92 Å². The molecule has 0 bridgehead atoms. The molecule has 3 radical (unpaired) electrons. The Kier molecular flexibility index (Phi) is 34.5. The molecule has 0 aliphatic rings. The number of fused-ring (bicyclic) bond motifs is 1. The number of allylic oxidation sites excluding steroid dienone is 2. The minimum Gasteiger partial charge on any atom is -0.512 e. The molecule has 0 atom stereocenters. The second kappa shape index (κ2) is 41.7. The summed E-state index contributed by atoms with van der Waals surface area (Å²) in [6.45, 7) is 35.6. The van der Waals surface area contributed by atoms with Gasteiger partial charge in [0.1, 0.15) is 0 Å². The topological polar surface area (TPSA) is 102 Å². The van der Waals surface area contributed by atoms with Crippen molar-refractivity contribution in [1.29, 1.82) is 0 Å². The van der Waals surface area contributed by atoms with Crippen LogP contribution in [-0.2, 0) is 87.8 Å². The number of rotatable bonds is 10. The molecular weight excluding hydrogens is 1830 g/mol. The third kappa shape index (κ3) is 27.7. The van der Waals surface area contributed by atoms with Gasteiger partial charge in [0, 0.05) is 96.6 Å². The van der Waals surface area contributed by atoms with Crippen LogP contribution in [0.25, 0.3) is 89.4 Å². The van der Waals surface area contributed by atoms with Crippen molar-refractivity contribution in [1.82, 2.24) is 24.9 Å². The first-order chi connectivity index (χ1) is 49.1. The van der Waals surface area contributed by atoms with E-state index in [9.17, 15) is 4.79 Å². The summed E-state index contributed by atoms with van der Waals surface area (Å²) in [6.07, 6.45) is 10.0. The summed E-state index contributed by atoms with van der Waals surface area (Å²) in [5.74, 6) is 0.560. The molecular formula is C96H98Ir3N5O2-5. The molecule has 0 spiro atoms. The van der Waals surface area contributed by atoms with Gasteiger partial charge in [0.05, 0.1) is 11.3 Å². The summed E-state index contributed by atoms with van der Waals surface area (Å²) < 4.78 is 0. The van der Waals surface area contributed by atoms with Crippen LogP contribution in [0.3, 0.4) is 0 Å². The zero-order chi connectivity index (χ0) is 74.3. The van der Waals surface area contributed by atoms with E-state index >= 15 is 0 Å². The molecule has 0 aliphatic carbocycles. The van der Waals surface area contributed by atoms with Crippen LogP contribution in [0.1, 0.15) is 135 Å². The number of hydrogen-bond donors (Lipinski definition) is 1. The van der Waals surface area contributed by atoms with Crippen molar-refractivity contribution in [3.05, 3.63) is 342 Å². The zero-order valence-corrected chi connectivity index (χ0v) is 71.4. The summed E-state index contributed by atoms with van der Waals surface area (Å²) in [5.41, 5.74) is 26.5. The third-order valence-corrected chi connectivity index (χ3v) is 16.7. The van der Waals surface area contributed by atoms with Gasteiger partial charge in [0.2, 0.25) is 0 Å². The van der Waals surface area contributed by atoms with Gasteiger partial charge in [-0.25, -0.2) is 0 Å². The second-order valence-corrected chi connectivity index (χ2v) is 29.5. The fourth-order valence-electron chi connectivity index (χ4n) is 11.1. The Morgan fingerprint density at radius 3 is 1.18 bits per heavy atom. The van der Waals surface area contributed by atoms with Crippen molar-refractivity contribution in [2.45, 2.75) is 140 Å². The van der Waals surface area contributed by atoms with E-state index in [1.807, 2.05) is 111 Å². The third-order valence-electron chi connectivity index (χ3n) is 16.7. The minimum atomic E-state index is -0.125. The standard InChI is InChI=1S/C22H24N.C21H20N.C18H14N.2C15H16N.C5H8O2.3Ir/c1-14(2)8-18-13-22(19-10-16(4)9-17(5)11-19)23-21-7-6-15(3)12-20(18)21;1-21(2,3)19-12-13-20(22-15-19)18-11-7-10-17(14-18)16-8-5-4-6-9-16;1-14-10-11-18(19-13-14)17-9-5-8-16(12-17)15-6-3-2-4-7-15;2*1-15(2,3)13-9-10-14(16-11-13)12-7-5-4-6-8-12;1-4(6)3-5(2)7;;;/h6-7,9-10,12-14H,8H2,1-5H3;4-10,12-15H,1-3H3;2-8,10-13H,1H3;2*4-7,9-11H,1-3H3;3,6H,1-2H3;;;/q5*-1;;;;. The van der Waals surface area contributed by atoms with E-state index in [1.54, 1.807) is 0 Å². The number of hydrogen-bond acceptors (Lipinski definition) is 7. The van der Waals surface area contributed by atoms with Gasteiger partial charge in [-0.3, -0.25) is 9.78 Å². The molecule has 5 aromatic heterocycles. The van der Waals surface area contributed by atoms with Gasteiger partial charge in [0.15, 0.2) is 5.78 Å². The first kappa shape index (κ1) is 87.6. The van der Waals surface area contributed by atoms with Crippen LogP contribution in [0, 0.1) is 63.9 Å². The number of aliphatic hydroxyl groups is 1. The van der Waals surface area contributed by atoms with Crippen molar-refractivity contribution >= 4 is 16.7 Å². The number of ketones is 1. The molecule has 5 heterocycles. The molecule has 13 rings (SSSR count). The quantitative estimate of drug-likeness (QED) is 0.0827. The summed E-state index contributed by atoms with van der Waals surface area (Å²) >= 11 is 0. The van der Waals surface area contributed by atoms with E-state index in [-0.39, 0.29) is 88.1 Å². The Morgan fingerprint density at radius 1 is 0.406 bits per heavy atom. The van der Waals surface area contributed by atoms with Gasteiger partial charge in [-0.1, -0.05) is 217 Å². The van der Waals surface area contributed by atoms with Crippen molar-refractivity contribution in [3.8, 4) is 78.5 Å². The summed E-state index contributed by atoms with van der Waals surface area (Å²) in [6, 6.07) is 95.2. The summed E-state index contributed by atoms with van der Waals surface area (Å²) in [7, 11) is 0. The molecule has 0 amide bonds. The molecule has 0 saturated carbocycles. The van der Waals surface area contributed by atoms with Crippen LogP contribution in [0.5, 0.6) is 0 Å². The van der Waals surface area contributed by atoms with Gasteiger partial charge in [-0.15, -0.1) is 177 Å². The second-order valence-electron chi connectivity index (χ2n) is 29.5. The van der Waals surface area contributed by atoms with E-state index in [0.29, 0.717) is 5.92 Å². The summed E-state index contributed by atoms with van der Waals surface area (Å²) in [4.78, 5) is 33.0. The van der Waals surface area contributed by atoms with Crippen molar-refractivity contribution in [3.63, 3.8) is 0 Å². The molecule has 8 aromatic carbocycles. The van der Waals surface area contributed by atoms with Gasteiger partial charge >= 0.3 is 0 Å². The van der Waals surface area contributed by atoms with Crippen LogP contribution < -0.4 is 0 Å². The van der Waals surface area contributed by atoms with E-state index in [2.05, 4.69) is 299 Å². The number of nitrogens with zero attached hydrogens (tertiary/aromatic N) is 5. The Morgan fingerprint density at radius 2 is 0.821 bits per heavy atom. The van der Waals surface area contributed by atoms with E-state index in [4.69, 9.17) is 10.1 Å².